The van der Waals surface area contributed by atoms with Crippen molar-refractivity contribution in [2.24, 2.45) is 5.92 Å². The Kier molecular flexibility index (Phi) is 6.26. The first-order valence-corrected chi connectivity index (χ1v) is 9.67. The molecular weight excluding hydrogens is 421 g/mol. The molecule has 1 aliphatic heterocycles. The first-order chi connectivity index (χ1) is 14.0. The maximum Gasteiger partial charge on any atom is 0.416 e. The lowest BCUT2D eigenvalue weighted by molar-refractivity contribution is -0.137. The van der Waals surface area contributed by atoms with E-state index < -0.39 is 23.6 Å². The third kappa shape index (κ3) is 5.05. The number of halogens is 4. The summed E-state index contributed by atoms with van der Waals surface area (Å²) in [6, 6.07) is 9.61. The molecule has 2 aromatic rings. The minimum atomic E-state index is -4.56. The number of carbonyl (C=O) groups is 2. The second kappa shape index (κ2) is 8.55. The monoisotopic (exact) mass is 440 g/mol. The number of carbonyl (C=O) groups excluding carboxylic acids is 2. The van der Waals surface area contributed by atoms with Crippen molar-refractivity contribution in [3.8, 4) is 5.75 Å². The number of hydrogen-bond acceptors (Lipinski definition) is 3. The van der Waals surface area contributed by atoms with Crippen LogP contribution in [0, 0.1) is 5.92 Å². The normalized spacial score (nSPS) is 16.8. The molecule has 1 atom stereocenters. The average Bonchev–Trinajstić information content (AvgIpc) is 3.04. The molecule has 160 valence electrons. The molecule has 1 saturated heterocycles. The van der Waals surface area contributed by atoms with E-state index in [-0.39, 0.29) is 35.7 Å². The number of nitrogens with one attached hydrogen (secondary N) is 1. The molecule has 1 N–H and O–H groups in total. The van der Waals surface area contributed by atoms with Gasteiger partial charge in [0, 0.05) is 18.7 Å². The summed E-state index contributed by atoms with van der Waals surface area (Å²) < 4.78 is 44.3. The van der Waals surface area contributed by atoms with Crippen molar-refractivity contribution >= 4 is 34.8 Å². The van der Waals surface area contributed by atoms with E-state index in [1.165, 1.54) is 4.90 Å². The van der Waals surface area contributed by atoms with E-state index in [4.69, 9.17) is 16.3 Å². The fraction of sp³-hybridized carbons (Fsp3) is 0.333. The fourth-order valence-corrected chi connectivity index (χ4v) is 3.31. The fourth-order valence-electron chi connectivity index (χ4n) is 3.14. The number of alkyl halides is 3. The number of ether oxygens (including phenoxy) is 1. The summed E-state index contributed by atoms with van der Waals surface area (Å²) in [7, 11) is 0. The van der Waals surface area contributed by atoms with Gasteiger partial charge in [-0.3, -0.25) is 9.59 Å². The lowest BCUT2D eigenvalue weighted by Crippen LogP contribution is -2.28. The van der Waals surface area contributed by atoms with Crippen LogP contribution in [0.4, 0.5) is 24.5 Å². The van der Waals surface area contributed by atoms with Crippen molar-refractivity contribution in [1.29, 1.82) is 0 Å². The zero-order chi connectivity index (χ0) is 22.1. The molecule has 9 heteroatoms. The number of hydrogen-bond donors (Lipinski definition) is 1. The SMILES string of the molecule is CC(C)Oc1ccc(N2CC(C(=O)Nc3cc(C(F)(F)F)ccc3Cl)CC2=O)cc1. The van der Waals surface area contributed by atoms with Gasteiger partial charge in [-0.15, -0.1) is 0 Å². The second-order valence-corrected chi connectivity index (χ2v) is 7.65. The lowest BCUT2D eigenvalue weighted by atomic mass is 10.1. The Balaban J connectivity index is 1.70. The van der Waals surface area contributed by atoms with Gasteiger partial charge in [0.25, 0.3) is 0 Å². The molecule has 0 spiro atoms. The molecular formula is C21H20ClF3N2O3. The van der Waals surface area contributed by atoms with Gasteiger partial charge in [0.05, 0.1) is 28.3 Å². The number of nitrogens with zero attached hydrogens (tertiary/aromatic N) is 1. The van der Waals surface area contributed by atoms with Gasteiger partial charge in [0.1, 0.15) is 5.75 Å². The number of amides is 2. The molecule has 0 saturated carbocycles. The maximum atomic E-state index is 12.9. The van der Waals surface area contributed by atoms with Crippen LogP contribution in [0.5, 0.6) is 5.75 Å². The Bertz CT molecular complexity index is 946. The van der Waals surface area contributed by atoms with Gasteiger partial charge in [-0.2, -0.15) is 13.2 Å². The summed E-state index contributed by atoms with van der Waals surface area (Å²) in [5.41, 5.74) is -0.448. The highest BCUT2D eigenvalue weighted by molar-refractivity contribution is 6.33. The molecule has 0 bridgehead atoms. The third-order valence-electron chi connectivity index (χ3n) is 4.57. The molecule has 5 nitrogen and oxygen atoms in total. The van der Waals surface area contributed by atoms with Crippen LogP contribution in [-0.2, 0) is 15.8 Å². The number of anilines is 2. The van der Waals surface area contributed by atoms with E-state index in [9.17, 15) is 22.8 Å². The summed E-state index contributed by atoms with van der Waals surface area (Å²) in [6.45, 7) is 3.92. The third-order valence-corrected chi connectivity index (χ3v) is 4.90. The Morgan fingerprint density at radius 1 is 1.20 bits per heavy atom. The van der Waals surface area contributed by atoms with E-state index in [0.717, 1.165) is 18.2 Å². The first kappa shape index (κ1) is 22.0. The minimum Gasteiger partial charge on any atom is -0.491 e. The van der Waals surface area contributed by atoms with E-state index in [1.807, 2.05) is 13.8 Å². The van der Waals surface area contributed by atoms with Gasteiger partial charge < -0.3 is 15.0 Å². The average molecular weight is 441 g/mol. The molecule has 0 radical (unpaired) electrons. The van der Waals surface area contributed by atoms with Crippen molar-refractivity contribution in [1.82, 2.24) is 0 Å². The Morgan fingerprint density at radius 3 is 2.47 bits per heavy atom. The van der Waals surface area contributed by atoms with Gasteiger partial charge in [0.15, 0.2) is 0 Å². The van der Waals surface area contributed by atoms with Crippen LogP contribution in [-0.4, -0.2) is 24.5 Å². The predicted molar refractivity (Wildman–Crippen MR) is 108 cm³/mol. The van der Waals surface area contributed by atoms with E-state index in [2.05, 4.69) is 5.32 Å². The molecule has 2 aromatic carbocycles. The molecule has 1 fully saturated rings. The summed E-state index contributed by atoms with van der Waals surface area (Å²) in [5, 5.41) is 2.40. The van der Waals surface area contributed by atoms with Gasteiger partial charge in [0.2, 0.25) is 11.8 Å². The van der Waals surface area contributed by atoms with Crippen molar-refractivity contribution in [2.75, 3.05) is 16.8 Å². The standard InChI is InChI=1S/C21H20ClF3N2O3/c1-12(2)30-16-6-4-15(5-7-16)27-11-13(9-19(27)28)20(29)26-18-10-14(21(23,24)25)3-8-17(18)22/h3-8,10,12-13H,9,11H2,1-2H3,(H,26,29). The second-order valence-electron chi connectivity index (χ2n) is 7.25. The quantitative estimate of drug-likeness (QED) is 0.700. The van der Waals surface area contributed by atoms with Crippen LogP contribution < -0.4 is 15.0 Å². The van der Waals surface area contributed by atoms with E-state index in [0.29, 0.717) is 11.4 Å². The molecule has 0 aromatic heterocycles. The van der Waals surface area contributed by atoms with Crippen LogP contribution in [0.2, 0.25) is 5.02 Å². The van der Waals surface area contributed by atoms with Crippen LogP contribution in [0.3, 0.4) is 0 Å². The summed E-state index contributed by atoms with van der Waals surface area (Å²) in [5.74, 6) is -0.863. The largest absolute Gasteiger partial charge is 0.491 e. The Morgan fingerprint density at radius 2 is 1.87 bits per heavy atom. The number of rotatable bonds is 5. The summed E-state index contributed by atoms with van der Waals surface area (Å²) >= 11 is 5.93. The highest BCUT2D eigenvalue weighted by Crippen LogP contribution is 2.34. The van der Waals surface area contributed by atoms with Gasteiger partial charge in [-0.05, 0) is 56.3 Å². The summed E-state index contributed by atoms with van der Waals surface area (Å²) in [6.07, 6.45) is -4.59. The zero-order valence-electron chi connectivity index (χ0n) is 16.3. The lowest BCUT2D eigenvalue weighted by Gasteiger charge is -2.18. The highest BCUT2D eigenvalue weighted by Gasteiger charge is 2.36. The zero-order valence-corrected chi connectivity index (χ0v) is 17.1. The van der Waals surface area contributed by atoms with Crippen LogP contribution >= 0.6 is 11.6 Å². The van der Waals surface area contributed by atoms with Crippen LogP contribution in [0.15, 0.2) is 42.5 Å². The molecule has 1 unspecified atom stereocenters. The van der Waals surface area contributed by atoms with Crippen molar-refractivity contribution < 1.29 is 27.5 Å². The molecule has 30 heavy (non-hydrogen) atoms. The minimum absolute atomic E-state index is 0.0139. The first-order valence-electron chi connectivity index (χ1n) is 9.29. The van der Waals surface area contributed by atoms with Gasteiger partial charge in [-0.25, -0.2) is 0 Å². The van der Waals surface area contributed by atoms with Crippen molar-refractivity contribution in [3.05, 3.63) is 53.1 Å². The van der Waals surface area contributed by atoms with Gasteiger partial charge in [-0.1, -0.05) is 11.6 Å². The van der Waals surface area contributed by atoms with Crippen molar-refractivity contribution in [3.63, 3.8) is 0 Å². The van der Waals surface area contributed by atoms with Crippen LogP contribution in [0.1, 0.15) is 25.8 Å². The van der Waals surface area contributed by atoms with E-state index in [1.54, 1.807) is 24.3 Å². The smallest absolute Gasteiger partial charge is 0.416 e. The van der Waals surface area contributed by atoms with Crippen molar-refractivity contribution in [2.45, 2.75) is 32.5 Å². The molecule has 0 aliphatic carbocycles. The molecule has 3 rings (SSSR count). The Hall–Kier alpha value is -2.74. The molecule has 2 amide bonds. The number of benzene rings is 2. The highest BCUT2D eigenvalue weighted by atomic mass is 35.5. The van der Waals surface area contributed by atoms with Crippen LogP contribution in [0.25, 0.3) is 0 Å². The van der Waals surface area contributed by atoms with E-state index >= 15 is 0 Å². The predicted octanol–water partition coefficient (Wildman–Crippen LogP) is 5.14. The van der Waals surface area contributed by atoms with Gasteiger partial charge >= 0.3 is 6.18 Å². The molecule has 1 heterocycles. The molecule has 1 aliphatic rings. The Labute approximate surface area is 176 Å². The topological polar surface area (TPSA) is 58.6 Å². The maximum absolute atomic E-state index is 12.9. The summed E-state index contributed by atoms with van der Waals surface area (Å²) in [4.78, 5) is 26.4.